The van der Waals surface area contributed by atoms with Crippen LogP contribution < -0.4 is 5.73 Å². The van der Waals surface area contributed by atoms with Gasteiger partial charge in [0.15, 0.2) is 0 Å². The molecule has 58 valence electrons. The first-order chi connectivity index (χ1) is 5.40. The average molecular weight is 149 g/mol. The summed E-state index contributed by atoms with van der Waals surface area (Å²) in [6, 6.07) is 0. The molecule has 0 aromatic carbocycles. The first-order valence-corrected chi connectivity index (χ1v) is 3.81. The van der Waals surface area contributed by atoms with Crippen LogP contribution in [-0.4, -0.2) is 12.6 Å². The zero-order chi connectivity index (χ0) is 7.68. The minimum Gasteiger partial charge on any atom is -0.493 e. The number of fused-ring (bicyclic) bond motifs is 1. The molecule has 2 N–H and O–H groups in total. The van der Waals surface area contributed by atoms with E-state index in [9.17, 15) is 0 Å². The molecule has 0 saturated heterocycles. The number of rotatable bonds is 1. The van der Waals surface area contributed by atoms with Gasteiger partial charge in [0.1, 0.15) is 6.10 Å². The Morgan fingerprint density at radius 2 is 2.36 bits per heavy atom. The molecule has 2 heteroatoms. The van der Waals surface area contributed by atoms with Gasteiger partial charge in [-0.05, 0) is 17.7 Å². The van der Waals surface area contributed by atoms with Gasteiger partial charge in [0.2, 0.25) is 0 Å². The molecule has 0 bridgehead atoms. The highest BCUT2D eigenvalue weighted by Gasteiger charge is 2.22. The second-order valence-corrected chi connectivity index (χ2v) is 2.81. The average Bonchev–Trinajstić information content (AvgIpc) is 2.50. The summed E-state index contributed by atoms with van der Waals surface area (Å²) in [5, 5.41) is 0. The predicted molar refractivity (Wildman–Crippen MR) is 43.8 cm³/mol. The number of ether oxygens (including phenoxy) is 1. The lowest BCUT2D eigenvalue weighted by atomic mass is 9.95. The van der Waals surface area contributed by atoms with Crippen molar-refractivity contribution in [3.63, 3.8) is 0 Å². The van der Waals surface area contributed by atoms with Crippen molar-refractivity contribution in [2.24, 2.45) is 11.7 Å². The second-order valence-electron chi connectivity index (χ2n) is 2.81. The highest BCUT2D eigenvalue weighted by molar-refractivity contribution is 5.31. The zero-order valence-corrected chi connectivity index (χ0v) is 6.23. The molecule has 2 rings (SSSR count). The Morgan fingerprint density at radius 1 is 1.45 bits per heavy atom. The second kappa shape index (κ2) is 2.55. The summed E-state index contributed by atoms with van der Waals surface area (Å²) >= 11 is 0. The molecule has 0 aromatic heterocycles. The Morgan fingerprint density at radius 3 is 3.18 bits per heavy atom. The van der Waals surface area contributed by atoms with Crippen molar-refractivity contribution in [1.82, 2.24) is 0 Å². The van der Waals surface area contributed by atoms with Gasteiger partial charge in [-0.2, -0.15) is 0 Å². The SMILES string of the molecule is NCC1=CC2OC=CC2C=C1. The van der Waals surface area contributed by atoms with Crippen LogP contribution in [0.3, 0.4) is 0 Å². The summed E-state index contributed by atoms with van der Waals surface area (Å²) in [5.74, 6) is 0.435. The molecule has 2 nitrogen and oxygen atoms in total. The fourth-order valence-electron chi connectivity index (χ4n) is 1.39. The van der Waals surface area contributed by atoms with E-state index < -0.39 is 0 Å². The molecule has 1 heterocycles. The van der Waals surface area contributed by atoms with Crippen molar-refractivity contribution in [1.29, 1.82) is 0 Å². The molecule has 0 amide bonds. The highest BCUT2D eigenvalue weighted by atomic mass is 16.5. The van der Waals surface area contributed by atoms with Gasteiger partial charge in [-0.25, -0.2) is 0 Å². The van der Waals surface area contributed by atoms with E-state index in [2.05, 4.69) is 24.3 Å². The van der Waals surface area contributed by atoms with Crippen molar-refractivity contribution >= 4 is 0 Å². The molecule has 2 atom stereocenters. The molecular formula is C9H11NO. The van der Waals surface area contributed by atoms with E-state index in [1.807, 2.05) is 0 Å². The molecule has 2 unspecified atom stereocenters. The fourth-order valence-corrected chi connectivity index (χ4v) is 1.39. The van der Waals surface area contributed by atoms with E-state index >= 15 is 0 Å². The van der Waals surface area contributed by atoms with Crippen LogP contribution in [0, 0.1) is 5.92 Å². The normalized spacial score (nSPS) is 33.0. The summed E-state index contributed by atoms with van der Waals surface area (Å²) < 4.78 is 5.33. The maximum Gasteiger partial charge on any atom is 0.126 e. The number of hydrogen-bond acceptors (Lipinski definition) is 2. The lowest BCUT2D eigenvalue weighted by Gasteiger charge is -2.16. The van der Waals surface area contributed by atoms with Crippen LogP contribution in [0.25, 0.3) is 0 Å². The maximum atomic E-state index is 5.49. The molecule has 0 spiro atoms. The molecule has 1 aliphatic heterocycles. The third-order valence-electron chi connectivity index (χ3n) is 2.06. The summed E-state index contributed by atoms with van der Waals surface area (Å²) in [7, 11) is 0. The van der Waals surface area contributed by atoms with Crippen LogP contribution in [0.15, 0.2) is 36.1 Å². The first kappa shape index (κ1) is 6.68. The predicted octanol–water partition coefficient (Wildman–Crippen LogP) is 0.970. The minimum atomic E-state index is 0.207. The van der Waals surface area contributed by atoms with Crippen LogP contribution in [-0.2, 0) is 4.74 Å². The van der Waals surface area contributed by atoms with E-state index in [-0.39, 0.29) is 6.10 Å². The monoisotopic (exact) mass is 149 g/mol. The molecule has 0 aromatic rings. The van der Waals surface area contributed by atoms with Crippen LogP contribution in [0.2, 0.25) is 0 Å². The minimum absolute atomic E-state index is 0.207. The van der Waals surface area contributed by atoms with Gasteiger partial charge < -0.3 is 10.5 Å². The first-order valence-electron chi connectivity index (χ1n) is 3.81. The maximum absolute atomic E-state index is 5.49. The van der Waals surface area contributed by atoms with Crippen molar-refractivity contribution in [2.45, 2.75) is 6.10 Å². The van der Waals surface area contributed by atoms with Crippen LogP contribution in [0.5, 0.6) is 0 Å². The smallest absolute Gasteiger partial charge is 0.126 e. The summed E-state index contributed by atoms with van der Waals surface area (Å²) in [4.78, 5) is 0. The van der Waals surface area contributed by atoms with Crippen LogP contribution in [0.1, 0.15) is 0 Å². The van der Waals surface area contributed by atoms with Gasteiger partial charge in [0.25, 0.3) is 0 Å². The topological polar surface area (TPSA) is 35.2 Å². The third kappa shape index (κ3) is 1.10. The molecule has 2 aliphatic rings. The molecule has 1 aliphatic carbocycles. The standard InChI is InChI=1S/C9H11NO/c10-6-7-1-2-8-3-4-11-9(8)5-7/h1-5,8-9H,6,10H2. The number of hydrogen-bond donors (Lipinski definition) is 1. The van der Waals surface area contributed by atoms with Gasteiger partial charge >= 0.3 is 0 Å². The summed E-state index contributed by atoms with van der Waals surface area (Å²) in [6.45, 7) is 0.600. The Hall–Kier alpha value is -1.02. The van der Waals surface area contributed by atoms with Gasteiger partial charge in [0.05, 0.1) is 6.26 Å². The zero-order valence-electron chi connectivity index (χ0n) is 6.23. The van der Waals surface area contributed by atoms with E-state index in [1.54, 1.807) is 6.26 Å². The fraction of sp³-hybridized carbons (Fsp3) is 0.333. The van der Waals surface area contributed by atoms with E-state index in [0.29, 0.717) is 12.5 Å². The quantitative estimate of drug-likeness (QED) is 0.603. The van der Waals surface area contributed by atoms with Crippen LogP contribution >= 0.6 is 0 Å². The third-order valence-corrected chi connectivity index (χ3v) is 2.06. The summed E-state index contributed by atoms with van der Waals surface area (Å²) in [5.41, 5.74) is 6.65. The van der Waals surface area contributed by atoms with E-state index in [1.165, 1.54) is 0 Å². The largest absolute Gasteiger partial charge is 0.493 e. The Labute approximate surface area is 66.0 Å². The Kier molecular flexibility index (Phi) is 1.55. The summed E-state index contributed by atoms with van der Waals surface area (Å²) in [6.07, 6.45) is 10.3. The molecule has 0 saturated carbocycles. The Bertz CT molecular complexity index is 240. The van der Waals surface area contributed by atoms with Gasteiger partial charge in [-0.15, -0.1) is 0 Å². The molecule has 0 fully saturated rings. The van der Waals surface area contributed by atoms with Crippen molar-refractivity contribution < 1.29 is 4.74 Å². The van der Waals surface area contributed by atoms with E-state index in [4.69, 9.17) is 10.5 Å². The number of nitrogens with two attached hydrogens (primary N) is 1. The molecule has 0 radical (unpaired) electrons. The van der Waals surface area contributed by atoms with Gasteiger partial charge in [0, 0.05) is 12.5 Å². The lowest BCUT2D eigenvalue weighted by molar-refractivity contribution is 0.191. The van der Waals surface area contributed by atoms with Crippen LogP contribution in [0.4, 0.5) is 0 Å². The highest BCUT2D eigenvalue weighted by Crippen LogP contribution is 2.25. The van der Waals surface area contributed by atoms with Gasteiger partial charge in [-0.3, -0.25) is 0 Å². The molecule has 11 heavy (non-hydrogen) atoms. The van der Waals surface area contributed by atoms with Crippen molar-refractivity contribution in [3.05, 3.63) is 36.1 Å². The lowest BCUT2D eigenvalue weighted by Crippen LogP contribution is -2.17. The Balaban J connectivity index is 2.18. The van der Waals surface area contributed by atoms with Crippen molar-refractivity contribution in [3.8, 4) is 0 Å². The van der Waals surface area contributed by atoms with Gasteiger partial charge in [-0.1, -0.05) is 12.2 Å². The van der Waals surface area contributed by atoms with E-state index in [0.717, 1.165) is 5.57 Å². The molecular weight excluding hydrogens is 138 g/mol. The van der Waals surface area contributed by atoms with Crippen molar-refractivity contribution in [2.75, 3.05) is 6.54 Å².